The SMILES string of the molecule is NSc1cc2n(n1)CCOC21CCC1. The lowest BCUT2D eigenvalue weighted by Gasteiger charge is -2.44. The molecule has 1 spiro atoms. The molecule has 0 saturated heterocycles. The van der Waals surface area contributed by atoms with Crippen LogP contribution in [0.1, 0.15) is 25.0 Å². The number of rotatable bonds is 1. The van der Waals surface area contributed by atoms with Crippen molar-refractivity contribution in [3.05, 3.63) is 11.8 Å². The Bertz CT molecular complexity index is 359. The van der Waals surface area contributed by atoms with Crippen molar-refractivity contribution >= 4 is 11.9 Å². The third-order valence-electron chi connectivity index (χ3n) is 3.19. The van der Waals surface area contributed by atoms with Gasteiger partial charge in [-0.15, -0.1) is 0 Å². The van der Waals surface area contributed by atoms with Crippen LogP contribution < -0.4 is 5.14 Å². The molecule has 0 unspecified atom stereocenters. The van der Waals surface area contributed by atoms with Crippen LogP contribution in [0.3, 0.4) is 0 Å². The molecule has 2 heterocycles. The third-order valence-corrected chi connectivity index (χ3v) is 3.63. The van der Waals surface area contributed by atoms with Gasteiger partial charge in [-0.2, -0.15) is 5.10 Å². The molecule has 0 atom stereocenters. The first kappa shape index (κ1) is 8.76. The number of nitrogens with two attached hydrogens (primary N) is 1. The highest BCUT2D eigenvalue weighted by Gasteiger charge is 2.44. The summed E-state index contributed by atoms with van der Waals surface area (Å²) in [5.41, 5.74) is 1.21. The van der Waals surface area contributed by atoms with Gasteiger partial charge in [0.1, 0.15) is 10.6 Å². The summed E-state index contributed by atoms with van der Waals surface area (Å²) >= 11 is 1.21. The second-order valence-corrected chi connectivity index (χ2v) is 4.56. The van der Waals surface area contributed by atoms with Gasteiger partial charge >= 0.3 is 0 Å². The van der Waals surface area contributed by atoms with E-state index >= 15 is 0 Å². The number of ether oxygens (including phenoxy) is 1. The highest BCUT2D eigenvalue weighted by molar-refractivity contribution is 7.97. The van der Waals surface area contributed by atoms with Crippen molar-refractivity contribution in [1.82, 2.24) is 9.78 Å². The normalized spacial score (nSPS) is 23.2. The Balaban J connectivity index is 2.05. The first-order valence-electron chi connectivity index (χ1n) is 4.93. The van der Waals surface area contributed by atoms with Gasteiger partial charge in [0, 0.05) is 0 Å². The lowest BCUT2D eigenvalue weighted by molar-refractivity contribution is -0.131. The van der Waals surface area contributed by atoms with Crippen LogP contribution >= 0.6 is 11.9 Å². The minimum absolute atomic E-state index is 0.0147. The van der Waals surface area contributed by atoms with Crippen LogP contribution in [0.15, 0.2) is 11.1 Å². The summed E-state index contributed by atoms with van der Waals surface area (Å²) in [7, 11) is 0. The van der Waals surface area contributed by atoms with Gasteiger partial charge in [-0.05, 0) is 37.3 Å². The van der Waals surface area contributed by atoms with Crippen LogP contribution in [-0.4, -0.2) is 16.4 Å². The van der Waals surface area contributed by atoms with Crippen molar-refractivity contribution in [3.63, 3.8) is 0 Å². The molecule has 0 bridgehead atoms. The van der Waals surface area contributed by atoms with E-state index < -0.39 is 0 Å². The molecule has 1 saturated carbocycles. The van der Waals surface area contributed by atoms with Gasteiger partial charge in [-0.1, -0.05) is 0 Å². The molecule has 2 aliphatic rings. The highest BCUT2D eigenvalue weighted by atomic mass is 32.2. The van der Waals surface area contributed by atoms with Gasteiger partial charge in [0.25, 0.3) is 0 Å². The molecule has 14 heavy (non-hydrogen) atoms. The number of hydrogen-bond acceptors (Lipinski definition) is 4. The van der Waals surface area contributed by atoms with Crippen LogP contribution in [0.4, 0.5) is 0 Å². The maximum atomic E-state index is 5.87. The van der Waals surface area contributed by atoms with E-state index in [-0.39, 0.29) is 5.60 Å². The fraction of sp³-hybridized carbons (Fsp3) is 0.667. The van der Waals surface area contributed by atoms with Crippen molar-refractivity contribution in [1.29, 1.82) is 0 Å². The van der Waals surface area contributed by atoms with E-state index in [2.05, 4.69) is 15.8 Å². The first-order valence-corrected chi connectivity index (χ1v) is 5.81. The van der Waals surface area contributed by atoms with Crippen LogP contribution in [0, 0.1) is 0 Å². The highest BCUT2D eigenvalue weighted by Crippen LogP contribution is 2.46. The summed E-state index contributed by atoms with van der Waals surface area (Å²) in [4.78, 5) is 0. The Labute approximate surface area is 86.9 Å². The molecule has 76 valence electrons. The van der Waals surface area contributed by atoms with Crippen molar-refractivity contribution in [2.24, 2.45) is 5.14 Å². The zero-order chi connectivity index (χ0) is 9.60. The number of fused-ring (bicyclic) bond motifs is 2. The molecule has 4 nitrogen and oxygen atoms in total. The Morgan fingerprint density at radius 3 is 3.07 bits per heavy atom. The van der Waals surface area contributed by atoms with Crippen molar-refractivity contribution < 1.29 is 4.74 Å². The Kier molecular flexibility index (Phi) is 1.87. The second kappa shape index (κ2) is 2.98. The topological polar surface area (TPSA) is 53.1 Å². The fourth-order valence-electron chi connectivity index (χ4n) is 2.29. The number of nitrogens with zero attached hydrogens (tertiary/aromatic N) is 2. The Morgan fingerprint density at radius 2 is 2.43 bits per heavy atom. The Hall–Kier alpha value is -0.520. The van der Waals surface area contributed by atoms with E-state index in [1.807, 2.05) is 0 Å². The molecule has 2 N–H and O–H groups in total. The summed E-state index contributed by atoms with van der Waals surface area (Å²) in [6.07, 6.45) is 3.52. The van der Waals surface area contributed by atoms with Gasteiger partial charge in [0.2, 0.25) is 0 Å². The number of hydrogen-bond donors (Lipinski definition) is 1. The van der Waals surface area contributed by atoms with Crippen LogP contribution in [0.2, 0.25) is 0 Å². The van der Waals surface area contributed by atoms with E-state index in [1.54, 1.807) is 0 Å². The molecule has 3 rings (SSSR count). The summed E-state index contributed by atoms with van der Waals surface area (Å²) < 4.78 is 7.93. The maximum absolute atomic E-state index is 5.87. The van der Waals surface area contributed by atoms with E-state index in [0.29, 0.717) is 0 Å². The molecule has 0 radical (unpaired) electrons. The average molecular weight is 211 g/mol. The zero-order valence-electron chi connectivity index (χ0n) is 7.90. The van der Waals surface area contributed by atoms with Crippen LogP contribution in [0.5, 0.6) is 0 Å². The molecule has 1 aromatic rings. The van der Waals surface area contributed by atoms with Crippen LogP contribution in [-0.2, 0) is 16.9 Å². The van der Waals surface area contributed by atoms with E-state index in [9.17, 15) is 0 Å². The third kappa shape index (κ3) is 1.06. The quantitative estimate of drug-likeness (QED) is 0.710. The molecule has 1 fully saturated rings. The molecule has 1 aliphatic heterocycles. The summed E-state index contributed by atoms with van der Waals surface area (Å²) in [6.45, 7) is 1.64. The molecule has 1 aromatic heterocycles. The molecule has 5 heteroatoms. The van der Waals surface area contributed by atoms with Crippen molar-refractivity contribution in [2.75, 3.05) is 6.61 Å². The molecule has 0 amide bonds. The van der Waals surface area contributed by atoms with Gasteiger partial charge in [0.05, 0.1) is 18.8 Å². The average Bonchev–Trinajstić information content (AvgIpc) is 2.57. The smallest absolute Gasteiger partial charge is 0.133 e. The monoisotopic (exact) mass is 211 g/mol. The van der Waals surface area contributed by atoms with Gasteiger partial charge in [0.15, 0.2) is 0 Å². The van der Waals surface area contributed by atoms with Crippen molar-refractivity contribution in [3.8, 4) is 0 Å². The molecular weight excluding hydrogens is 198 g/mol. The molecule has 0 aromatic carbocycles. The fourth-order valence-corrected chi connectivity index (χ4v) is 2.61. The minimum atomic E-state index is -0.0147. The number of aromatic nitrogens is 2. The zero-order valence-corrected chi connectivity index (χ0v) is 8.72. The predicted molar refractivity (Wildman–Crippen MR) is 53.8 cm³/mol. The second-order valence-electron chi connectivity index (χ2n) is 3.91. The summed E-state index contributed by atoms with van der Waals surface area (Å²) in [5, 5.41) is 10.8. The largest absolute Gasteiger partial charge is 0.367 e. The van der Waals surface area contributed by atoms with Gasteiger partial charge in [-0.25, -0.2) is 0 Å². The predicted octanol–water partition coefficient (Wildman–Crippen LogP) is 1.26. The first-order chi connectivity index (χ1) is 6.84. The van der Waals surface area contributed by atoms with Gasteiger partial charge < -0.3 is 4.74 Å². The maximum Gasteiger partial charge on any atom is 0.133 e. The van der Waals surface area contributed by atoms with Gasteiger partial charge in [-0.3, -0.25) is 9.82 Å². The summed E-state index contributed by atoms with van der Waals surface area (Å²) in [6, 6.07) is 2.07. The molecule has 1 aliphatic carbocycles. The van der Waals surface area contributed by atoms with Crippen LogP contribution in [0.25, 0.3) is 0 Å². The minimum Gasteiger partial charge on any atom is -0.367 e. The lowest BCUT2D eigenvalue weighted by Crippen LogP contribution is -2.43. The van der Waals surface area contributed by atoms with E-state index in [4.69, 9.17) is 9.88 Å². The lowest BCUT2D eigenvalue weighted by atomic mass is 9.77. The Morgan fingerprint density at radius 1 is 1.57 bits per heavy atom. The van der Waals surface area contributed by atoms with Crippen molar-refractivity contribution in [2.45, 2.75) is 36.4 Å². The summed E-state index contributed by atoms with van der Waals surface area (Å²) in [5.74, 6) is 0. The molecular formula is C9H13N3OS. The standard InChI is InChI=1S/C9H13N3OS/c10-14-8-6-7-9(2-1-3-9)13-5-4-12(7)11-8/h6H,1-5,10H2. The van der Waals surface area contributed by atoms with E-state index in [0.717, 1.165) is 31.0 Å². The van der Waals surface area contributed by atoms with E-state index in [1.165, 1.54) is 24.1 Å².